The number of carbonyl (C=O) groups is 2. The predicted octanol–water partition coefficient (Wildman–Crippen LogP) is 5.65. The Morgan fingerprint density at radius 3 is 2.45 bits per heavy atom. The average Bonchev–Trinajstić information content (AvgIpc) is 3.31. The molecule has 2 saturated carbocycles. The highest BCUT2D eigenvalue weighted by Gasteiger charge is 2.43. The second-order valence-corrected chi connectivity index (χ2v) is 10.4. The summed E-state index contributed by atoms with van der Waals surface area (Å²) in [6.07, 6.45) is 11.6. The van der Waals surface area contributed by atoms with E-state index in [-0.39, 0.29) is 23.6 Å². The zero-order chi connectivity index (χ0) is 22.9. The number of carbonyl (C=O) groups excluding carboxylic acids is 2. The van der Waals surface area contributed by atoms with Crippen molar-refractivity contribution in [1.82, 2.24) is 5.32 Å². The van der Waals surface area contributed by atoms with E-state index >= 15 is 0 Å². The number of esters is 1. The van der Waals surface area contributed by atoms with E-state index in [4.69, 9.17) is 4.74 Å². The molecule has 1 aliphatic heterocycles. The molecule has 176 valence electrons. The van der Waals surface area contributed by atoms with Gasteiger partial charge in [0.2, 0.25) is 0 Å². The number of nitrogens with one attached hydrogen (secondary N) is 1. The zero-order valence-electron chi connectivity index (χ0n) is 19.6. The van der Waals surface area contributed by atoms with Crippen LogP contribution in [-0.4, -0.2) is 23.0 Å². The van der Waals surface area contributed by atoms with Gasteiger partial charge in [-0.3, -0.25) is 4.79 Å². The van der Waals surface area contributed by atoms with Crippen molar-refractivity contribution >= 4 is 11.8 Å². The Hall–Kier alpha value is -2.56. The molecule has 1 aromatic carbocycles. The second kappa shape index (κ2) is 9.36. The molecule has 5 heteroatoms. The van der Waals surface area contributed by atoms with Crippen LogP contribution in [0.15, 0.2) is 46.8 Å². The van der Waals surface area contributed by atoms with Crippen LogP contribution in [0.25, 0.3) is 0 Å². The van der Waals surface area contributed by atoms with Crippen molar-refractivity contribution in [2.75, 3.05) is 0 Å². The van der Waals surface area contributed by atoms with Crippen LogP contribution in [0.5, 0.6) is 5.75 Å². The van der Waals surface area contributed by atoms with Crippen LogP contribution in [0.1, 0.15) is 89.0 Å². The van der Waals surface area contributed by atoms with E-state index in [1.165, 1.54) is 32.1 Å². The third kappa shape index (κ3) is 4.47. The fraction of sp³-hybridized carbons (Fsp3) is 0.571. The van der Waals surface area contributed by atoms with Gasteiger partial charge in [-0.15, -0.1) is 0 Å². The van der Waals surface area contributed by atoms with Crippen LogP contribution in [0.3, 0.4) is 0 Å². The first-order chi connectivity index (χ1) is 16.0. The molecule has 5 rings (SSSR count). The summed E-state index contributed by atoms with van der Waals surface area (Å²) in [5.41, 5.74) is 3.70. The fourth-order valence-electron chi connectivity index (χ4n) is 6.54. The lowest BCUT2D eigenvalue weighted by Gasteiger charge is -2.39. The van der Waals surface area contributed by atoms with E-state index in [1.54, 1.807) is 18.2 Å². The number of aromatic hydroxyl groups is 1. The van der Waals surface area contributed by atoms with Gasteiger partial charge >= 0.3 is 5.97 Å². The molecule has 3 aliphatic carbocycles. The summed E-state index contributed by atoms with van der Waals surface area (Å²) in [6, 6.07) is 6.98. The zero-order valence-corrected chi connectivity index (χ0v) is 19.6. The average molecular weight is 450 g/mol. The van der Waals surface area contributed by atoms with Gasteiger partial charge < -0.3 is 15.2 Å². The van der Waals surface area contributed by atoms with E-state index in [1.807, 2.05) is 13.0 Å². The normalized spacial score (nSPS) is 26.9. The van der Waals surface area contributed by atoms with Crippen LogP contribution in [0.2, 0.25) is 0 Å². The predicted molar refractivity (Wildman–Crippen MR) is 126 cm³/mol. The second-order valence-electron chi connectivity index (χ2n) is 10.4. The highest BCUT2D eigenvalue weighted by molar-refractivity contribution is 6.04. The molecule has 2 unspecified atom stereocenters. The monoisotopic (exact) mass is 449 g/mol. The minimum absolute atomic E-state index is 0.0456. The molecule has 33 heavy (non-hydrogen) atoms. The molecule has 2 N–H and O–H groups in total. The molecule has 0 saturated heterocycles. The number of dihydropyridines is 1. The van der Waals surface area contributed by atoms with E-state index in [0.29, 0.717) is 29.4 Å². The summed E-state index contributed by atoms with van der Waals surface area (Å²) in [5, 5.41) is 13.7. The van der Waals surface area contributed by atoms with Gasteiger partial charge in [0.05, 0.1) is 5.57 Å². The maximum absolute atomic E-state index is 13.6. The van der Waals surface area contributed by atoms with Gasteiger partial charge in [0.15, 0.2) is 5.78 Å². The molecule has 4 aliphatic rings. The van der Waals surface area contributed by atoms with Crippen molar-refractivity contribution in [3.63, 3.8) is 0 Å². The standard InChI is InChI=1S/C28H35NO4/c1-17-25(28(32)33-22-12-5-6-13-22)26(19-10-7-11-21(30)14-19)27-23(29-17)15-20(16-24(27)31)18-8-3-2-4-9-18/h7,10-11,14,18,20,22,26,29-30H,2-6,8-9,12-13,15-16H2,1H3. The van der Waals surface area contributed by atoms with Crippen molar-refractivity contribution in [2.45, 2.75) is 89.6 Å². The molecule has 1 aromatic rings. The Morgan fingerprint density at radius 2 is 1.73 bits per heavy atom. The van der Waals surface area contributed by atoms with Gasteiger partial charge in [0.1, 0.15) is 11.9 Å². The molecule has 0 aromatic heterocycles. The van der Waals surface area contributed by atoms with Crippen molar-refractivity contribution in [1.29, 1.82) is 0 Å². The minimum Gasteiger partial charge on any atom is -0.508 e. The van der Waals surface area contributed by atoms with Gasteiger partial charge in [-0.2, -0.15) is 0 Å². The Labute approximate surface area is 196 Å². The lowest BCUT2D eigenvalue weighted by atomic mass is 9.68. The van der Waals surface area contributed by atoms with Crippen molar-refractivity contribution < 1.29 is 19.4 Å². The Kier molecular flexibility index (Phi) is 6.31. The minimum atomic E-state index is -0.498. The number of hydrogen-bond donors (Lipinski definition) is 2. The molecular weight excluding hydrogens is 414 g/mol. The van der Waals surface area contributed by atoms with E-state index in [2.05, 4.69) is 5.32 Å². The van der Waals surface area contributed by atoms with Gasteiger partial charge in [0.25, 0.3) is 0 Å². The molecule has 5 nitrogen and oxygen atoms in total. The summed E-state index contributed by atoms with van der Waals surface area (Å²) in [7, 11) is 0. The maximum Gasteiger partial charge on any atom is 0.337 e. The van der Waals surface area contributed by atoms with Crippen molar-refractivity contribution in [3.05, 3.63) is 52.4 Å². The Balaban J connectivity index is 1.51. The topological polar surface area (TPSA) is 75.6 Å². The van der Waals surface area contributed by atoms with Gasteiger partial charge in [-0.25, -0.2) is 4.79 Å². The lowest BCUT2D eigenvalue weighted by Crippen LogP contribution is -2.38. The molecule has 0 radical (unpaired) electrons. The highest BCUT2D eigenvalue weighted by atomic mass is 16.5. The Morgan fingerprint density at radius 1 is 1.00 bits per heavy atom. The van der Waals surface area contributed by atoms with E-state index in [0.717, 1.165) is 49.1 Å². The number of allylic oxidation sites excluding steroid dienone is 3. The first-order valence-electron chi connectivity index (χ1n) is 12.7. The molecular formula is C28H35NO4. The largest absolute Gasteiger partial charge is 0.508 e. The number of benzene rings is 1. The lowest BCUT2D eigenvalue weighted by molar-refractivity contribution is -0.144. The number of phenolic OH excluding ortho intramolecular Hbond substituents is 1. The maximum atomic E-state index is 13.6. The SMILES string of the molecule is CC1=C(C(=O)OC2CCCC2)C(c2cccc(O)c2)C2=C(CC(C3CCCCC3)CC2=O)N1. The quantitative estimate of drug-likeness (QED) is 0.581. The van der Waals surface area contributed by atoms with Crippen molar-refractivity contribution in [2.24, 2.45) is 11.8 Å². The third-order valence-corrected chi connectivity index (χ3v) is 8.18. The summed E-state index contributed by atoms with van der Waals surface area (Å²) >= 11 is 0. The number of ether oxygens (including phenoxy) is 1. The van der Waals surface area contributed by atoms with Crippen molar-refractivity contribution in [3.8, 4) is 5.75 Å². The van der Waals surface area contributed by atoms with Crippen LogP contribution < -0.4 is 5.32 Å². The fourth-order valence-corrected chi connectivity index (χ4v) is 6.54. The number of ketones is 1. The molecule has 0 spiro atoms. The molecule has 0 bridgehead atoms. The third-order valence-electron chi connectivity index (χ3n) is 8.18. The summed E-state index contributed by atoms with van der Waals surface area (Å²) < 4.78 is 5.90. The molecule has 1 heterocycles. The summed E-state index contributed by atoms with van der Waals surface area (Å²) in [4.78, 5) is 27.0. The van der Waals surface area contributed by atoms with E-state index < -0.39 is 5.92 Å². The van der Waals surface area contributed by atoms with Crippen LogP contribution in [-0.2, 0) is 14.3 Å². The molecule has 2 fully saturated rings. The number of rotatable bonds is 4. The van der Waals surface area contributed by atoms with Gasteiger partial charge in [0, 0.05) is 29.3 Å². The number of Topliss-reactive ketones (excluding diaryl/α,β-unsaturated/α-hetero) is 1. The van der Waals surface area contributed by atoms with Gasteiger partial charge in [-0.05, 0) is 68.6 Å². The van der Waals surface area contributed by atoms with Crippen LogP contribution in [0.4, 0.5) is 0 Å². The first kappa shape index (κ1) is 22.2. The Bertz CT molecular complexity index is 995. The molecule has 2 atom stereocenters. The van der Waals surface area contributed by atoms with Gasteiger partial charge in [-0.1, -0.05) is 44.2 Å². The first-order valence-corrected chi connectivity index (χ1v) is 12.7. The number of phenols is 1. The van der Waals surface area contributed by atoms with E-state index in [9.17, 15) is 14.7 Å². The van der Waals surface area contributed by atoms with Crippen LogP contribution in [0, 0.1) is 11.8 Å². The summed E-state index contributed by atoms with van der Waals surface area (Å²) in [6.45, 7) is 1.92. The smallest absolute Gasteiger partial charge is 0.337 e. The highest BCUT2D eigenvalue weighted by Crippen LogP contribution is 2.47. The molecule has 0 amide bonds. The summed E-state index contributed by atoms with van der Waals surface area (Å²) in [5.74, 6) is 0.407. The number of hydrogen-bond acceptors (Lipinski definition) is 5. The van der Waals surface area contributed by atoms with Crippen LogP contribution >= 0.6 is 0 Å².